The van der Waals surface area contributed by atoms with Gasteiger partial charge in [-0.15, -0.1) is 16.9 Å². The molecule has 3 aromatic rings. The van der Waals surface area contributed by atoms with Gasteiger partial charge in [0.05, 0.1) is 22.3 Å². The highest BCUT2D eigenvalue weighted by Gasteiger charge is 2.12. The van der Waals surface area contributed by atoms with Gasteiger partial charge in [0.2, 0.25) is 0 Å². The van der Waals surface area contributed by atoms with Crippen molar-refractivity contribution in [3.05, 3.63) is 46.9 Å². The molecule has 1 aromatic carbocycles. The third kappa shape index (κ3) is 2.92. The first-order valence-electron chi connectivity index (χ1n) is 7.40. The molecule has 3 rings (SSSR count). The first kappa shape index (κ1) is 15.5. The van der Waals surface area contributed by atoms with E-state index in [4.69, 9.17) is 0 Å². The van der Waals surface area contributed by atoms with Gasteiger partial charge in [-0.3, -0.25) is 0 Å². The van der Waals surface area contributed by atoms with E-state index in [9.17, 15) is 5.26 Å². The van der Waals surface area contributed by atoms with Crippen LogP contribution in [0.3, 0.4) is 0 Å². The molecule has 0 radical (unpaired) electrons. The summed E-state index contributed by atoms with van der Waals surface area (Å²) < 4.78 is 2.20. The van der Waals surface area contributed by atoms with Gasteiger partial charge in [0.1, 0.15) is 16.9 Å². The van der Waals surface area contributed by atoms with Gasteiger partial charge in [-0.2, -0.15) is 10.4 Å². The molecule has 2 aromatic heterocycles. The number of fused-ring (bicyclic) bond motifs is 1. The van der Waals surface area contributed by atoms with Gasteiger partial charge in [0.15, 0.2) is 0 Å². The van der Waals surface area contributed by atoms with E-state index in [0.29, 0.717) is 10.6 Å². The second kappa shape index (κ2) is 6.39. The van der Waals surface area contributed by atoms with E-state index in [-0.39, 0.29) is 0 Å². The van der Waals surface area contributed by atoms with Crippen LogP contribution < -0.4 is 0 Å². The fraction of sp³-hybridized carbons (Fsp3) is 0.294. The Labute approximate surface area is 139 Å². The van der Waals surface area contributed by atoms with Crippen molar-refractivity contribution in [2.24, 2.45) is 0 Å². The molecule has 0 aliphatic carbocycles. The van der Waals surface area contributed by atoms with Crippen LogP contribution in [0.2, 0.25) is 0 Å². The Hall–Kier alpha value is -2.39. The van der Waals surface area contributed by atoms with Gasteiger partial charge in [-0.1, -0.05) is 12.1 Å². The summed E-state index contributed by atoms with van der Waals surface area (Å²) in [5, 5.41) is 18.4. The number of aromatic nitrogens is 4. The highest BCUT2D eigenvalue weighted by Crippen LogP contribution is 2.24. The Bertz CT molecular complexity index is 907. The molecule has 0 unspecified atom stereocenters. The summed E-state index contributed by atoms with van der Waals surface area (Å²) in [6.07, 6.45) is 0. The molecule has 0 amide bonds. The van der Waals surface area contributed by atoms with Gasteiger partial charge < -0.3 is 4.57 Å². The molecule has 23 heavy (non-hydrogen) atoms. The fourth-order valence-corrected chi connectivity index (χ4v) is 3.44. The Morgan fingerprint density at radius 1 is 1.17 bits per heavy atom. The molecule has 6 heteroatoms. The van der Waals surface area contributed by atoms with E-state index in [1.54, 1.807) is 11.8 Å². The maximum absolute atomic E-state index is 9.35. The van der Waals surface area contributed by atoms with E-state index >= 15 is 0 Å². The van der Waals surface area contributed by atoms with Crippen LogP contribution in [0.25, 0.3) is 11.0 Å². The highest BCUT2D eigenvalue weighted by atomic mass is 32.2. The van der Waals surface area contributed by atoms with Crippen LogP contribution in [-0.4, -0.2) is 25.5 Å². The largest absolute Gasteiger partial charge is 0.327 e. The molecule has 0 bridgehead atoms. The number of nitrogens with zero attached hydrogens (tertiary/aromatic N) is 5. The first-order chi connectivity index (χ1) is 11.1. The molecule has 0 saturated carbocycles. The number of nitriles is 1. The predicted molar refractivity (Wildman–Crippen MR) is 91.4 cm³/mol. The van der Waals surface area contributed by atoms with Crippen molar-refractivity contribution in [1.82, 2.24) is 19.7 Å². The third-order valence-corrected chi connectivity index (χ3v) is 4.88. The molecule has 0 aliphatic rings. The second-order valence-electron chi connectivity index (χ2n) is 5.35. The molecule has 5 nitrogen and oxygen atoms in total. The maximum atomic E-state index is 9.35. The summed E-state index contributed by atoms with van der Waals surface area (Å²) in [4.78, 5) is 4.57. The highest BCUT2D eigenvalue weighted by molar-refractivity contribution is 7.99. The van der Waals surface area contributed by atoms with E-state index < -0.39 is 0 Å². The zero-order valence-corrected chi connectivity index (χ0v) is 14.2. The van der Waals surface area contributed by atoms with Gasteiger partial charge in [0, 0.05) is 12.3 Å². The summed E-state index contributed by atoms with van der Waals surface area (Å²) in [6.45, 7) is 6.62. The third-order valence-electron chi connectivity index (χ3n) is 3.93. The summed E-state index contributed by atoms with van der Waals surface area (Å²) in [5.41, 5.74) is 4.50. The zero-order valence-electron chi connectivity index (χ0n) is 13.4. The summed E-state index contributed by atoms with van der Waals surface area (Å²) in [5.74, 6) is 1.81. The number of imidazole rings is 1. The minimum Gasteiger partial charge on any atom is -0.327 e. The zero-order chi connectivity index (χ0) is 16.4. The van der Waals surface area contributed by atoms with Gasteiger partial charge in [0.25, 0.3) is 0 Å². The van der Waals surface area contributed by atoms with Crippen molar-refractivity contribution in [1.29, 1.82) is 5.26 Å². The molecule has 0 N–H and O–H groups in total. The molecule has 0 aliphatic heterocycles. The molecular weight excluding hydrogens is 306 g/mol. The van der Waals surface area contributed by atoms with Crippen LogP contribution in [0.1, 0.15) is 22.6 Å². The topological polar surface area (TPSA) is 67.4 Å². The van der Waals surface area contributed by atoms with E-state index in [2.05, 4.69) is 31.9 Å². The van der Waals surface area contributed by atoms with Crippen molar-refractivity contribution in [3.63, 3.8) is 0 Å². The van der Waals surface area contributed by atoms with Crippen molar-refractivity contribution >= 4 is 22.8 Å². The average molecular weight is 323 g/mol. The molecule has 0 spiro atoms. The second-order valence-corrected chi connectivity index (χ2v) is 6.43. The van der Waals surface area contributed by atoms with Crippen LogP contribution >= 0.6 is 11.8 Å². The van der Waals surface area contributed by atoms with Gasteiger partial charge >= 0.3 is 0 Å². The number of hydrogen-bond donors (Lipinski definition) is 0. The number of benzene rings is 1. The van der Waals surface area contributed by atoms with Crippen LogP contribution in [0.5, 0.6) is 0 Å². The smallest absolute Gasteiger partial charge is 0.137 e. The SMILES string of the molecule is Cc1nnc(SCCn2c(C)nc3ccccc32)c(C#N)c1C. The van der Waals surface area contributed by atoms with Gasteiger partial charge in [-0.25, -0.2) is 4.98 Å². The molecule has 0 fully saturated rings. The van der Waals surface area contributed by atoms with Crippen LogP contribution in [0.4, 0.5) is 0 Å². The number of aryl methyl sites for hydroxylation is 3. The Balaban J connectivity index is 1.79. The van der Waals surface area contributed by atoms with Crippen molar-refractivity contribution in [2.45, 2.75) is 32.3 Å². The van der Waals surface area contributed by atoms with Crippen LogP contribution in [0.15, 0.2) is 29.3 Å². The molecular formula is C17H17N5S. The number of para-hydroxylation sites is 2. The van der Waals surface area contributed by atoms with E-state index in [1.807, 2.05) is 39.0 Å². The first-order valence-corrected chi connectivity index (χ1v) is 8.39. The Morgan fingerprint density at radius 2 is 1.96 bits per heavy atom. The van der Waals surface area contributed by atoms with Crippen LogP contribution in [0, 0.1) is 32.1 Å². The lowest BCUT2D eigenvalue weighted by Gasteiger charge is -2.08. The number of thioether (sulfide) groups is 1. The average Bonchev–Trinajstić information content (AvgIpc) is 2.87. The predicted octanol–water partition coefficient (Wildman–Crippen LogP) is 3.42. The monoisotopic (exact) mass is 323 g/mol. The summed E-state index contributed by atoms with van der Waals surface area (Å²) in [7, 11) is 0. The lowest BCUT2D eigenvalue weighted by molar-refractivity contribution is 0.759. The normalized spacial score (nSPS) is 10.9. The van der Waals surface area contributed by atoms with E-state index in [1.165, 1.54) is 0 Å². The number of rotatable bonds is 4. The molecule has 116 valence electrons. The van der Waals surface area contributed by atoms with Crippen molar-refractivity contribution < 1.29 is 0 Å². The lowest BCUT2D eigenvalue weighted by Crippen LogP contribution is -2.04. The molecule has 0 atom stereocenters. The number of hydrogen-bond acceptors (Lipinski definition) is 5. The minimum absolute atomic E-state index is 0.634. The van der Waals surface area contributed by atoms with Crippen molar-refractivity contribution in [2.75, 3.05) is 5.75 Å². The minimum atomic E-state index is 0.634. The summed E-state index contributed by atoms with van der Waals surface area (Å²) in [6, 6.07) is 10.4. The van der Waals surface area contributed by atoms with E-state index in [0.717, 1.165) is 40.4 Å². The maximum Gasteiger partial charge on any atom is 0.137 e. The standard InChI is InChI=1S/C17H17N5S/c1-11-12(2)20-21-17(14(11)10-18)23-9-8-22-13(3)19-15-6-4-5-7-16(15)22/h4-7H,8-9H2,1-3H3. The molecule has 0 saturated heterocycles. The Kier molecular flexibility index (Phi) is 4.30. The van der Waals surface area contributed by atoms with Crippen molar-refractivity contribution in [3.8, 4) is 6.07 Å². The summed E-state index contributed by atoms with van der Waals surface area (Å²) >= 11 is 1.57. The molecule has 2 heterocycles. The van der Waals surface area contributed by atoms with Gasteiger partial charge in [-0.05, 0) is 38.5 Å². The Morgan fingerprint density at radius 3 is 2.74 bits per heavy atom. The fourth-order valence-electron chi connectivity index (χ4n) is 2.53. The lowest BCUT2D eigenvalue weighted by atomic mass is 10.1. The quantitative estimate of drug-likeness (QED) is 0.688. The van der Waals surface area contributed by atoms with Crippen LogP contribution in [-0.2, 0) is 6.54 Å².